The van der Waals surface area contributed by atoms with Crippen molar-refractivity contribution in [2.75, 3.05) is 25.1 Å². The summed E-state index contributed by atoms with van der Waals surface area (Å²) < 4.78 is 5.27. The molecular weight excluding hydrogens is 330 g/mol. The van der Waals surface area contributed by atoms with Gasteiger partial charge in [-0.2, -0.15) is 0 Å². The summed E-state index contributed by atoms with van der Waals surface area (Å²) in [5, 5.41) is 0.918. The number of ether oxygens (including phenoxy) is 1. The summed E-state index contributed by atoms with van der Waals surface area (Å²) >= 11 is 1.62. The number of piperidine rings is 1. The zero-order valence-electron chi connectivity index (χ0n) is 14.8. The fraction of sp³-hybridized carbons (Fsp3) is 0.500. The van der Waals surface area contributed by atoms with Crippen LogP contribution in [0.3, 0.4) is 0 Å². The van der Waals surface area contributed by atoms with Crippen molar-refractivity contribution in [3.63, 3.8) is 0 Å². The minimum atomic E-state index is 0.645. The van der Waals surface area contributed by atoms with Crippen molar-refractivity contribution in [2.45, 2.75) is 48.4 Å². The Morgan fingerprint density at radius 2 is 1.84 bits per heavy atom. The van der Waals surface area contributed by atoms with Gasteiger partial charge >= 0.3 is 0 Å². The summed E-state index contributed by atoms with van der Waals surface area (Å²) in [6, 6.07) is 8.03. The quantitative estimate of drug-likeness (QED) is 0.788. The summed E-state index contributed by atoms with van der Waals surface area (Å²) in [6.07, 6.45) is 12.2. The van der Waals surface area contributed by atoms with E-state index in [1.165, 1.54) is 38.5 Å². The van der Waals surface area contributed by atoms with Gasteiger partial charge in [0.05, 0.1) is 19.5 Å². The van der Waals surface area contributed by atoms with Crippen LogP contribution in [0.5, 0.6) is 5.75 Å². The second-order valence-corrected chi connectivity index (χ2v) is 8.28. The molecule has 2 aromatic rings. The second kappa shape index (κ2) is 7.24. The van der Waals surface area contributed by atoms with Crippen LogP contribution in [0.4, 0.5) is 5.82 Å². The third-order valence-corrected chi connectivity index (χ3v) is 6.60. The highest BCUT2D eigenvalue weighted by Crippen LogP contribution is 2.46. The molecule has 1 aliphatic heterocycles. The maximum Gasteiger partial charge on any atom is 0.147 e. The summed E-state index contributed by atoms with van der Waals surface area (Å²) in [7, 11) is 1.69. The molecule has 4 rings (SSSR count). The van der Waals surface area contributed by atoms with Crippen LogP contribution in [0.15, 0.2) is 46.6 Å². The van der Waals surface area contributed by atoms with E-state index in [4.69, 9.17) is 4.74 Å². The average Bonchev–Trinajstić information content (AvgIpc) is 3.11. The van der Waals surface area contributed by atoms with E-state index in [2.05, 4.69) is 20.9 Å². The average molecular weight is 356 g/mol. The molecule has 1 saturated heterocycles. The van der Waals surface area contributed by atoms with Gasteiger partial charge in [-0.25, -0.2) is 9.97 Å². The van der Waals surface area contributed by atoms with Crippen LogP contribution in [-0.4, -0.2) is 30.2 Å². The van der Waals surface area contributed by atoms with Crippen molar-refractivity contribution in [1.29, 1.82) is 0 Å². The van der Waals surface area contributed by atoms with Gasteiger partial charge < -0.3 is 9.64 Å². The molecule has 132 valence electrons. The zero-order valence-corrected chi connectivity index (χ0v) is 15.6. The van der Waals surface area contributed by atoms with Crippen molar-refractivity contribution >= 4 is 17.6 Å². The fourth-order valence-electron chi connectivity index (χ4n) is 4.15. The van der Waals surface area contributed by atoms with Crippen molar-refractivity contribution in [3.8, 4) is 5.75 Å². The molecule has 1 aliphatic carbocycles. The predicted molar refractivity (Wildman–Crippen MR) is 101 cm³/mol. The topological polar surface area (TPSA) is 38.2 Å². The Morgan fingerprint density at radius 3 is 2.52 bits per heavy atom. The van der Waals surface area contributed by atoms with E-state index >= 15 is 0 Å². The molecule has 0 bridgehead atoms. The van der Waals surface area contributed by atoms with Gasteiger partial charge in [0.2, 0.25) is 0 Å². The molecule has 1 aromatic carbocycles. The lowest BCUT2D eigenvalue weighted by Crippen LogP contribution is -2.39. The summed E-state index contributed by atoms with van der Waals surface area (Å²) in [5.41, 5.74) is 0.645. The first-order valence-electron chi connectivity index (χ1n) is 9.15. The van der Waals surface area contributed by atoms with Gasteiger partial charge in [-0.3, -0.25) is 0 Å². The Bertz CT molecular complexity index is 703. The third-order valence-electron chi connectivity index (χ3n) is 5.69. The molecule has 1 aromatic heterocycles. The summed E-state index contributed by atoms with van der Waals surface area (Å²) in [4.78, 5) is 12.8. The fourth-order valence-corrected chi connectivity index (χ4v) is 4.92. The summed E-state index contributed by atoms with van der Waals surface area (Å²) in [5.74, 6) is 1.88. The van der Waals surface area contributed by atoms with Gasteiger partial charge in [0, 0.05) is 18.0 Å². The van der Waals surface area contributed by atoms with Crippen LogP contribution < -0.4 is 9.64 Å². The van der Waals surface area contributed by atoms with E-state index in [0.29, 0.717) is 5.41 Å². The molecule has 0 N–H and O–H groups in total. The molecule has 0 atom stereocenters. The first-order valence-corrected chi connectivity index (χ1v) is 9.97. The molecule has 0 amide bonds. The minimum Gasteiger partial charge on any atom is -0.497 e. The second-order valence-electron chi connectivity index (χ2n) is 7.19. The lowest BCUT2D eigenvalue weighted by atomic mass is 9.77. The number of benzene rings is 1. The molecule has 25 heavy (non-hydrogen) atoms. The SMILES string of the molecule is COc1cccc(Sc2cnc(N3CCC4(CCCC4)CC3)cn2)c1. The number of methoxy groups -OCH3 is 1. The number of anilines is 1. The maximum absolute atomic E-state index is 5.27. The Morgan fingerprint density at radius 1 is 1.04 bits per heavy atom. The van der Waals surface area contributed by atoms with Crippen LogP contribution in [0.1, 0.15) is 38.5 Å². The molecule has 2 fully saturated rings. The van der Waals surface area contributed by atoms with Crippen molar-refractivity contribution in [1.82, 2.24) is 9.97 Å². The van der Waals surface area contributed by atoms with E-state index < -0.39 is 0 Å². The predicted octanol–water partition coefficient (Wildman–Crippen LogP) is 4.80. The Labute approximate surface area is 154 Å². The third kappa shape index (κ3) is 3.76. The molecule has 5 heteroatoms. The number of hydrogen-bond donors (Lipinski definition) is 0. The standard InChI is InChI=1S/C20H25N3OS/c1-24-16-5-4-6-17(13-16)25-19-15-21-18(14-22-19)23-11-9-20(10-12-23)7-2-3-8-20/h4-6,13-15H,2-3,7-12H2,1H3. The van der Waals surface area contributed by atoms with Crippen molar-refractivity contribution < 1.29 is 4.74 Å². The molecule has 1 spiro atoms. The molecular formula is C20H25N3OS. The summed E-state index contributed by atoms with van der Waals surface area (Å²) in [6.45, 7) is 2.24. The van der Waals surface area contributed by atoms with Crippen molar-refractivity contribution in [3.05, 3.63) is 36.7 Å². The van der Waals surface area contributed by atoms with Crippen LogP contribution >= 0.6 is 11.8 Å². The van der Waals surface area contributed by atoms with E-state index in [-0.39, 0.29) is 0 Å². The maximum atomic E-state index is 5.27. The van der Waals surface area contributed by atoms with Gasteiger partial charge in [-0.1, -0.05) is 30.7 Å². The lowest BCUT2D eigenvalue weighted by molar-refractivity contribution is 0.226. The van der Waals surface area contributed by atoms with E-state index in [9.17, 15) is 0 Å². The normalized spacial score (nSPS) is 19.3. The Kier molecular flexibility index (Phi) is 4.84. The van der Waals surface area contributed by atoms with Gasteiger partial charge in [0.25, 0.3) is 0 Å². The molecule has 2 aliphatic rings. The molecule has 0 radical (unpaired) electrons. The minimum absolute atomic E-state index is 0.645. The van der Waals surface area contributed by atoms with Crippen LogP contribution in [0.2, 0.25) is 0 Å². The largest absolute Gasteiger partial charge is 0.497 e. The highest BCUT2D eigenvalue weighted by Gasteiger charge is 2.37. The van der Waals surface area contributed by atoms with E-state index in [0.717, 1.165) is 34.6 Å². The number of rotatable bonds is 4. The lowest BCUT2D eigenvalue weighted by Gasteiger charge is -2.39. The van der Waals surface area contributed by atoms with E-state index in [1.54, 1.807) is 18.9 Å². The van der Waals surface area contributed by atoms with Crippen LogP contribution in [-0.2, 0) is 0 Å². The highest BCUT2D eigenvalue weighted by molar-refractivity contribution is 7.99. The number of nitrogens with zero attached hydrogens (tertiary/aromatic N) is 3. The molecule has 4 nitrogen and oxygen atoms in total. The number of hydrogen-bond acceptors (Lipinski definition) is 5. The zero-order chi connectivity index (χ0) is 17.1. The van der Waals surface area contributed by atoms with Gasteiger partial charge in [0.1, 0.15) is 16.6 Å². The Balaban J connectivity index is 1.38. The first-order chi connectivity index (χ1) is 12.3. The van der Waals surface area contributed by atoms with Gasteiger partial charge in [0.15, 0.2) is 0 Å². The smallest absolute Gasteiger partial charge is 0.147 e. The monoisotopic (exact) mass is 355 g/mol. The Hall–Kier alpha value is -1.75. The van der Waals surface area contributed by atoms with E-state index in [1.807, 2.05) is 30.6 Å². The molecule has 1 saturated carbocycles. The van der Waals surface area contributed by atoms with Crippen LogP contribution in [0, 0.1) is 5.41 Å². The van der Waals surface area contributed by atoms with Crippen LogP contribution in [0.25, 0.3) is 0 Å². The molecule has 0 unspecified atom stereocenters. The van der Waals surface area contributed by atoms with Gasteiger partial charge in [-0.05, 0) is 49.3 Å². The number of aromatic nitrogens is 2. The van der Waals surface area contributed by atoms with Gasteiger partial charge in [-0.15, -0.1) is 0 Å². The highest BCUT2D eigenvalue weighted by atomic mass is 32.2. The molecule has 2 heterocycles. The first kappa shape index (κ1) is 16.7. The van der Waals surface area contributed by atoms with Crippen molar-refractivity contribution in [2.24, 2.45) is 5.41 Å².